The van der Waals surface area contributed by atoms with Crippen molar-refractivity contribution >= 4 is 29.9 Å². The first-order chi connectivity index (χ1) is 11.6. The van der Waals surface area contributed by atoms with E-state index in [4.69, 9.17) is 4.74 Å². The number of halogens is 1. The van der Waals surface area contributed by atoms with E-state index in [0.717, 1.165) is 38.0 Å². The Labute approximate surface area is 172 Å². The summed E-state index contributed by atoms with van der Waals surface area (Å²) in [4.78, 5) is 6.88. The molecule has 1 heterocycles. The summed E-state index contributed by atoms with van der Waals surface area (Å²) in [5, 5.41) is 6.88. The molecule has 0 aliphatic carbocycles. The summed E-state index contributed by atoms with van der Waals surface area (Å²) in [7, 11) is 1.84. The number of hydrogen-bond acceptors (Lipinski definition) is 3. The van der Waals surface area contributed by atoms with E-state index in [9.17, 15) is 0 Å². The van der Waals surface area contributed by atoms with Crippen LogP contribution in [0.25, 0.3) is 0 Å². The summed E-state index contributed by atoms with van der Waals surface area (Å²) in [6, 6.07) is 0. The number of aliphatic imine (C=N–C) groups is 1. The van der Waals surface area contributed by atoms with E-state index in [0.29, 0.717) is 12.0 Å². The minimum absolute atomic E-state index is 0. The highest BCUT2D eigenvalue weighted by Gasteiger charge is 2.17. The normalized spacial score (nSPS) is 18.1. The molecule has 1 saturated heterocycles. The number of nitrogens with one attached hydrogen (secondary N) is 2. The largest absolute Gasteiger partial charge is 0.378 e. The lowest BCUT2D eigenvalue weighted by Gasteiger charge is -2.31. The van der Waals surface area contributed by atoms with Crippen molar-refractivity contribution < 1.29 is 4.74 Å². The second-order valence-corrected chi connectivity index (χ2v) is 7.12. The zero-order chi connectivity index (χ0) is 17.8. The molecule has 0 saturated carbocycles. The molecule has 2 N–H and O–H groups in total. The van der Waals surface area contributed by atoms with Crippen molar-refractivity contribution in [2.24, 2.45) is 16.8 Å². The van der Waals surface area contributed by atoms with Gasteiger partial charge < -0.3 is 20.3 Å². The molecule has 0 aromatic carbocycles. The van der Waals surface area contributed by atoms with Crippen LogP contribution >= 0.6 is 24.0 Å². The van der Waals surface area contributed by atoms with Crippen LogP contribution in [0.4, 0.5) is 0 Å². The van der Waals surface area contributed by atoms with Crippen molar-refractivity contribution in [3.8, 4) is 0 Å². The quantitative estimate of drug-likeness (QED) is 0.293. The average Bonchev–Trinajstić information content (AvgIpc) is 2.59. The molecule has 5 nitrogen and oxygen atoms in total. The van der Waals surface area contributed by atoms with E-state index >= 15 is 0 Å². The number of likely N-dealkylation sites (tertiary alicyclic amines) is 1. The molecule has 1 unspecified atom stereocenters. The second-order valence-electron chi connectivity index (χ2n) is 7.12. The van der Waals surface area contributed by atoms with Gasteiger partial charge in [-0.2, -0.15) is 0 Å². The molecule has 150 valence electrons. The Hall–Kier alpha value is -0.0800. The first kappa shape index (κ1) is 24.9. The lowest BCUT2D eigenvalue weighted by Crippen LogP contribution is -2.40. The molecule has 0 amide bonds. The first-order valence-electron chi connectivity index (χ1n) is 9.89. The fraction of sp³-hybridized carbons (Fsp3) is 0.947. The van der Waals surface area contributed by atoms with Gasteiger partial charge >= 0.3 is 0 Å². The van der Waals surface area contributed by atoms with Crippen LogP contribution in [0, 0.1) is 11.8 Å². The summed E-state index contributed by atoms with van der Waals surface area (Å²) in [5.74, 6) is 2.33. The predicted molar refractivity (Wildman–Crippen MR) is 119 cm³/mol. The molecule has 1 fully saturated rings. The van der Waals surface area contributed by atoms with E-state index in [1.165, 1.54) is 38.9 Å². The van der Waals surface area contributed by atoms with Gasteiger partial charge in [0.15, 0.2) is 5.96 Å². The van der Waals surface area contributed by atoms with Gasteiger partial charge in [-0.15, -0.1) is 24.0 Å². The van der Waals surface area contributed by atoms with Crippen molar-refractivity contribution in [1.82, 2.24) is 15.5 Å². The van der Waals surface area contributed by atoms with Crippen molar-refractivity contribution in [1.29, 1.82) is 0 Å². The smallest absolute Gasteiger partial charge is 0.190 e. The fourth-order valence-electron chi connectivity index (χ4n) is 3.36. The predicted octanol–water partition coefficient (Wildman–Crippen LogP) is 3.34. The van der Waals surface area contributed by atoms with Crippen LogP contribution in [0.5, 0.6) is 0 Å². The number of rotatable bonds is 10. The Balaban J connectivity index is 0.00000576. The van der Waals surface area contributed by atoms with E-state index in [1.54, 1.807) is 0 Å². The lowest BCUT2D eigenvalue weighted by atomic mass is 9.93. The molecule has 1 rings (SSSR count). The zero-order valence-electron chi connectivity index (χ0n) is 17.0. The van der Waals surface area contributed by atoms with Gasteiger partial charge in [0.25, 0.3) is 0 Å². The van der Waals surface area contributed by atoms with E-state index in [1.807, 2.05) is 7.05 Å². The van der Waals surface area contributed by atoms with Gasteiger partial charge in [0.2, 0.25) is 0 Å². The minimum Gasteiger partial charge on any atom is -0.378 e. The summed E-state index contributed by atoms with van der Waals surface area (Å²) in [5.41, 5.74) is 0. The number of ether oxygens (including phenoxy) is 1. The van der Waals surface area contributed by atoms with Crippen LogP contribution in [0.3, 0.4) is 0 Å². The zero-order valence-corrected chi connectivity index (χ0v) is 19.3. The van der Waals surface area contributed by atoms with Crippen LogP contribution in [0.15, 0.2) is 4.99 Å². The highest BCUT2D eigenvalue weighted by molar-refractivity contribution is 14.0. The standard InChI is InChI=1S/C19H40N4O.HI/c1-6-23-14-10-17(11-15-23)8-12-21-19(20-5)22-13-9-18(16(3)4)24-7-2;/h16-18H,6-15H2,1-5H3,(H2,20,21,22);1H. The molecule has 25 heavy (non-hydrogen) atoms. The maximum Gasteiger partial charge on any atom is 0.190 e. The minimum atomic E-state index is 0. The summed E-state index contributed by atoms with van der Waals surface area (Å²) in [6.07, 6.45) is 5.26. The Morgan fingerprint density at radius 3 is 2.32 bits per heavy atom. The molecule has 0 radical (unpaired) electrons. The summed E-state index contributed by atoms with van der Waals surface area (Å²) >= 11 is 0. The monoisotopic (exact) mass is 468 g/mol. The molecule has 0 aromatic rings. The van der Waals surface area contributed by atoms with Crippen LogP contribution < -0.4 is 10.6 Å². The van der Waals surface area contributed by atoms with Crippen molar-refractivity contribution in [2.75, 3.05) is 46.4 Å². The molecule has 0 aromatic heterocycles. The van der Waals surface area contributed by atoms with E-state index in [2.05, 4.69) is 48.2 Å². The Kier molecular flexibility index (Phi) is 15.0. The topological polar surface area (TPSA) is 48.9 Å². The Bertz CT molecular complexity index is 344. The SMILES string of the molecule is CCOC(CCNC(=NC)NCCC1CCN(CC)CC1)C(C)C.I. The van der Waals surface area contributed by atoms with Gasteiger partial charge in [0, 0.05) is 26.7 Å². The first-order valence-corrected chi connectivity index (χ1v) is 9.89. The van der Waals surface area contributed by atoms with Gasteiger partial charge in [-0.1, -0.05) is 20.8 Å². The third kappa shape index (κ3) is 10.6. The van der Waals surface area contributed by atoms with Crippen LogP contribution in [-0.2, 0) is 4.74 Å². The Morgan fingerprint density at radius 1 is 1.16 bits per heavy atom. The second kappa shape index (κ2) is 15.0. The number of piperidine rings is 1. The lowest BCUT2D eigenvalue weighted by molar-refractivity contribution is 0.0258. The highest BCUT2D eigenvalue weighted by Crippen LogP contribution is 2.19. The van der Waals surface area contributed by atoms with Gasteiger partial charge in [-0.05, 0) is 64.1 Å². The van der Waals surface area contributed by atoms with Gasteiger partial charge in [0.05, 0.1) is 6.10 Å². The van der Waals surface area contributed by atoms with Gasteiger partial charge in [-0.3, -0.25) is 4.99 Å². The highest BCUT2D eigenvalue weighted by atomic mass is 127. The van der Waals surface area contributed by atoms with E-state index in [-0.39, 0.29) is 24.0 Å². The Morgan fingerprint density at radius 2 is 1.80 bits per heavy atom. The molecular formula is C19H41IN4O. The molecule has 6 heteroatoms. The maximum absolute atomic E-state index is 5.79. The van der Waals surface area contributed by atoms with Crippen molar-refractivity contribution in [3.63, 3.8) is 0 Å². The molecule has 0 bridgehead atoms. The van der Waals surface area contributed by atoms with Crippen molar-refractivity contribution in [3.05, 3.63) is 0 Å². The van der Waals surface area contributed by atoms with Crippen molar-refractivity contribution in [2.45, 2.75) is 59.5 Å². The molecule has 1 atom stereocenters. The third-order valence-electron chi connectivity index (χ3n) is 5.07. The van der Waals surface area contributed by atoms with Crippen LogP contribution in [0.1, 0.15) is 53.4 Å². The summed E-state index contributed by atoms with van der Waals surface area (Å²) < 4.78 is 5.79. The molecule has 0 spiro atoms. The number of guanidine groups is 1. The fourth-order valence-corrected chi connectivity index (χ4v) is 3.36. The van der Waals surface area contributed by atoms with Gasteiger partial charge in [0.1, 0.15) is 0 Å². The third-order valence-corrected chi connectivity index (χ3v) is 5.07. The van der Waals surface area contributed by atoms with Crippen LogP contribution in [-0.4, -0.2) is 63.3 Å². The summed E-state index contributed by atoms with van der Waals surface area (Å²) in [6.45, 7) is 15.2. The van der Waals surface area contributed by atoms with E-state index < -0.39 is 0 Å². The van der Waals surface area contributed by atoms with Gasteiger partial charge in [-0.25, -0.2) is 0 Å². The number of hydrogen-bond donors (Lipinski definition) is 2. The maximum atomic E-state index is 5.79. The molecule has 1 aliphatic heterocycles. The average molecular weight is 468 g/mol. The molecular weight excluding hydrogens is 427 g/mol. The van der Waals surface area contributed by atoms with Crippen LogP contribution in [0.2, 0.25) is 0 Å². The molecule has 1 aliphatic rings. The number of nitrogens with zero attached hydrogens (tertiary/aromatic N) is 2.